The lowest BCUT2D eigenvalue weighted by atomic mass is 9.87. The van der Waals surface area contributed by atoms with Crippen LogP contribution in [0.1, 0.15) is 48.7 Å². The Labute approximate surface area is 110 Å². The van der Waals surface area contributed by atoms with Gasteiger partial charge in [0.1, 0.15) is 4.88 Å². The van der Waals surface area contributed by atoms with E-state index in [1.807, 2.05) is 23.2 Å². The van der Waals surface area contributed by atoms with E-state index in [9.17, 15) is 4.79 Å². The van der Waals surface area contributed by atoms with Crippen molar-refractivity contribution < 1.29 is 9.90 Å². The van der Waals surface area contributed by atoms with Crippen molar-refractivity contribution in [3.63, 3.8) is 0 Å². The highest BCUT2D eigenvalue weighted by molar-refractivity contribution is 8.00. The highest BCUT2D eigenvalue weighted by Gasteiger charge is 2.25. The second kappa shape index (κ2) is 5.91. The molecule has 1 aliphatic carbocycles. The molecule has 0 aromatic carbocycles. The van der Waals surface area contributed by atoms with E-state index in [1.165, 1.54) is 43.4 Å². The standard InChI is InChI=1S/C13H18O2S2/c1-2-9-5-3-4-6-11(9)17-10-7-12(13(14)15)16-8-10/h7-9,11H,2-6H2,1H3,(H,14,15). The average Bonchev–Trinajstić information content (AvgIpc) is 2.78. The van der Waals surface area contributed by atoms with Gasteiger partial charge in [0.05, 0.1) is 0 Å². The molecule has 1 aliphatic rings. The summed E-state index contributed by atoms with van der Waals surface area (Å²) >= 11 is 3.22. The minimum Gasteiger partial charge on any atom is -0.477 e. The maximum absolute atomic E-state index is 10.8. The third-order valence-corrected chi connectivity index (χ3v) is 5.94. The number of carboxylic acids is 1. The number of hydrogen-bond acceptors (Lipinski definition) is 3. The number of thioether (sulfide) groups is 1. The fourth-order valence-electron chi connectivity index (χ4n) is 2.46. The van der Waals surface area contributed by atoms with Crippen molar-refractivity contribution in [3.8, 4) is 0 Å². The zero-order chi connectivity index (χ0) is 12.3. The van der Waals surface area contributed by atoms with Crippen LogP contribution in [0.4, 0.5) is 0 Å². The molecule has 1 aromatic rings. The Morgan fingerprint density at radius 1 is 1.53 bits per heavy atom. The topological polar surface area (TPSA) is 37.3 Å². The van der Waals surface area contributed by atoms with E-state index in [1.54, 1.807) is 0 Å². The molecule has 2 atom stereocenters. The zero-order valence-corrected chi connectivity index (χ0v) is 11.6. The molecule has 2 nitrogen and oxygen atoms in total. The largest absolute Gasteiger partial charge is 0.477 e. The summed E-state index contributed by atoms with van der Waals surface area (Å²) < 4.78 is 0. The van der Waals surface area contributed by atoms with E-state index in [0.29, 0.717) is 10.1 Å². The predicted octanol–water partition coefficient (Wildman–Crippen LogP) is 4.51. The fraction of sp³-hybridized carbons (Fsp3) is 0.615. The SMILES string of the molecule is CCC1CCCCC1Sc1csc(C(=O)O)c1. The van der Waals surface area contributed by atoms with Crippen molar-refractivity contribution in [2.45, 2.75) is 49.2 Å². The first-order chi connectivity index (χ1) is 8.20. The molecule has 0 spiro atoms. The van der Waals surface area contributed by atoms with E-state index in [4.69, 9.17) is 5.11 Å². The van der Waals surface area contributed by atoms with Crippen LogP contribution < -0.4 is 0 Å². The zero-order valence-electron chi connectivity index (χ0n) is 10.0. The van der Waals surface area contributed by atoms with Crippen LogP contribution in [0.2, 0.25) is 0 Å². The molecule has 0 amide bonds. The van der Waals surface area contributed by atoms with Crippen LogP contribution in [-0.2, 0) is 0 Å². The van der Waals surface area contributed by atoms with E-state index in [-0.39, 0.29) is 0 Å². The lowest BCUT2D eigenvalue weighted by Crippen LogP contribution is -2.20. The van der Waals surface area contributed by atoms with Crippen molar-refractivity contribution in [2.24, 2.45) is 5.92 Å². The third kappa shape index (κ3) is 3.26. The molecule has 4 heteroatoms. The summed E-state index contributed by atoms with van der Waals surface area (Å²) in [6.45, 7) is 2.26. The van der Waals surface area contributed by atoms with Gasteiger partial charge in [-0.1, -0.05) is 26.2 Å². The smallest absolute Gasteiger partial charge is 0.345 e. The molecule has 0 bridgehead atoms. The van der Waals surface area contributed by atoms with Gasteiger partial charge >= 0.3 is 5.97 Å². The number of thiophene rings is 1. The highest BCUT2D eigenvalue weighted by Crippen LogP contribution is 2.40. The number of aromatic carboxylic acids is 1. The van der Waals surface area contributed by atoms with Crippen molar-refractivity contribution in [2.75, 3.05) is 0 Å². The van der Waals surface area contributed by atoms with E-state index in [2.05, 4.69) is 6.92 Å². The van der Waals surface area contributed by atoms with Crippen molar-refractivity contribution in [1.29, 1.82) is 0 Å². The average molecular weight is 270 g/mol. The van der Waals surface area contributed by atoms with E-state index < -0.39 is 5.97 Å². The van der Waals surface area contributed by atoms with Crippen LogP contribution in [-0.4, -0.2) is 16.3 Å². The summed E-state index contributed by atoms with van der Waals surface area (Å²) in [7, 11) is 0. The number of rotatable bonds is 4. The van der Waals surface area contributed by atoms with Crippen molar-refractivity contribution in [1.82, 2.24) is 0 Å². The molecule has 1 fully saturated rings. The first-order valence-corrected chi connectivity index (χ1v) is 7.95. The lowest BCUT2D eigenvalue weighted by molar-refractivity contribution is 0.0702. The van der Waals surface area contributed by atoms with Gasteiger partial charge in [-0.25, -0.2) is 4.79 Å². The maximum Gasteiger partial charge on any atom is 0.345 e. The molecule has 2 rings (SSSR count). The molecule has 17 heavy (non-hydrogen) atoms. The molecule has 1 aromatic heterocycles. The number of carbonyl (C=O) groups is 1. The Bertz CT molecular complexity index is 387. The van der Waals surface area contributed by atoms with E-state index >= 15 is 0 Å². The summed E-state index contributed by atoms with van der Waals surface area (Å²) in [6.07, 6.45) is 6.54. The first kappa shape index (κ1) is 13.0. The molecule has 1 heterocycles. The maximum atomic E-state index is 10.8. The molecule has 0 aliphatic heterocycles. The summed E-state index contributed by atoms with van der Waals surface area (Å²) in [5.41, 5.74) is 0. The van der Waals surface area contributed by atoms with E-state index in [0.717, 1.165) is 10.8 Å². The van der Waals surface area contributed by atoms with Gasteiger partial charge in [0.15, 0.2) is 0 Å². The van der Waals surface area contributed by atoms with Crippen LogP contribution in [0.3, 0.4) is 0 Å². The molecule has 94 valence electrons. The molecule has 0 radical (unpaired) electrons. The van der Waals surface area contributed by atoms with Crippen molar-refractivity contribution in [3.05, 3.63) is 16.3 Å². The fourth-order valence-corrected chi connectivity index (χ4v) is 4.85. The van der Waals surface area contributed by atoms with Gasteiger partial charge in [-0.3, -0.25) is 0 Å². The normalized spacial score (nSPS) is 24.8. The minimum atomic E-state index is -0.808. The summed E-state index contributed by atoms with van der Waals surface area (Å²) in [6, 6.07) is 1.82. The van der Waals surface area contributed by atoms with Crippen LogP contribution >= 0.6 is 23.1 Å². The van der Waals surface area contributed by atoms with Crippen LogP contribution in [0.5, 0.6) is 0 Å². The first-order valence-electron chi connectivity index (χ1n) is 6.19. The molecule has 0 saturated heterocycles. The predicted molar refractivity (Wildman–Crippen MR) is 73.2 cm³/mol. The molecular formula is C13H18O2S2. The highest BCUT2D eigenvalue weighted by atomic mass is 32.2. The van der Waals surface area contributed by atoms with Crippen LogP contribution in [0, 0.1) is 5.92 Å². The van der Waals surface area contributed by atoms with Gasteiger partial charge in [0.25, 0.3) is 0 Å². The molecular weight excluding hydrogens is 252 g/mol. The lowest BCUT2D eigenvalue weighted by Gasteiger charge is -2.29. The van der Waals surface area contributed by atoms with Crippen LogP contribution in [0.15, 0.2) is 16.3 Å². The Morgan fingerprint density at radius 3 is 2.94 bits per heavy atom. The van der Waals surface area contributed by atoms with Gasteiger partial charge in [0, 0.05) is 15.5 Å². The number of hydrogen-bond donors (Lipinski definition) is 1. The van der Waals surface area contributed by atoms with Gasteiger partial charge in [0.2, 0.25) is 0 Å². The monoisotopic (exact) mass is 270 g/mol. The van der Waals surface area contributed by atoms with Gasteiger partial charge in [-0.15, -0.1) is 23.1 Å². The van der Waals surface area contributed by atoms with Crippen molar-refractivity contribution >= 4 is 29.1 Å². The Balaban J connectivity index is 2.00. The van der Waals surface area contributed by atoms with Crippen LogP contribution in [0.25, 0.3) is 0 Å². The van der Waals surface area contributed by atoms with Gasteiger partial charge in [-0.05, 0) is 24.8 Å². The third-order valence-electron chi connectivity index (χ3n) is 3.44. The summed E-state index contributed by atoms with van der Waals surface area (Å²) in [5.74, 6) is -0.000497. The Hall–Kier alpha value is -0.480. The number of carboxylic acid groups (broad SMARTS) is 1. The molecule has 1 saturated carbocycles. The second-order valence-corrected chi connectivity index (χ2v) is 6.78. The summed E-state index contributed by atoms with van der Waals surface area (Å²) in [5, 5.41) is 11.6. The summed E-state index contributed by atoms with van der Waals surface area (Å²) in [4.78, 5) is 12.4. The van der Waals surface area contributed by atoms with Gasteiger partial charge < -0.3 is 5.11 Å². The Kier molecular flexibility index (Phi) is 4.51. The quantitative estimate of drug-likeness (QED) is 0.874. The second-order valence-electron chi connectivity index (χ2n) is 4.56. The molecule has 2 unspecified atom stereocenters. The Morgan fingerprint density at radius 2 is 2.29 bits per heavy atom. The van der Waals surface area contributed by atoms with Gasteiger partial charge in [-0.2, -0.15) is 0 Å². The minimum absolute atomic E-state index is 0.455. The molecule has 1 N–H and O–H groups in total.